The van der Waals surface area contributed by atoms with Crippen LogP contribution in [0.15, 0.2) is 72.8 Å². The topological polar surface area (TPSA) is 30.5 Å². The van der Waals surface area contributed by atoms with E-state index in [0.717, 1.165) is 16.6 Å². The van der Waals surface area contributed by atoms with E-state index in [1.165, 1.54) is 17.5 Å². The van der Waals surface area contributed by atoms with Gasteiger partial charge >= 0.3 is 0 Å². The predicted molar refractivity (Wildman–Crippen MR) is 125 cm³/mol. The summed E-state index contributed by atoms with van der Waals surface area (Å²) in [5.41, 5.74) is 2.57. The number of ether oxygens (including phenoxy) is 2. The molecule has 0 heterocycles. The number of rotatable bonds is 7. The van der Waals surface area contributed by atoms with Crippen molar-refractivity contribution >= 4 is 39.7 Å². The number of methoxy groups -OCH3 is 1. The van der Waals surface area contributed by atoms with Gasteiger partial charge in [-0.3, -0.25) is 0 Å². The molecule has 0 saturated carbocycles. The highest BCUT2D eigenvalue weighted by atomic mass is 35.5. The first-order valence-corrected chi connectivity index (χ1v) is 10.5. The van der Waals surface area contributed by atoms with Gasteiger partial charge in [-0.1, -0.05) is 65.7 Å². The molecule has 4 aromatic carbocycles. The quantitative estimate of drug-likeness (QED) is 0.313. The van der Waals surface area contributed by atoms with Gasteiger partial charge in [-0.15, -0.1) is 0 Å². The lowest BCUT2D eigenvalue weighted by molar-refractivity contribution is 0.284. The van der Waals surface area contributed by atoms with E-state index in [1.807, 2.05) is 30.3 Å². The maximum absolute atomic E-state index is 13.2. The lowest BCUT2D eigenvalue weighted by atomic mass is 10.1. The second kappa shape index (κ2) is 9.46. The van der Waals surface area contributed by atoms with Crippen molar-refractivity contribution in [2.75, 3.05) is 12.4 Å². The normalized spacial score (nSPS) is 10.8. The Morgan fingerprint density at radius 3 is 2.42 bits per heavy atom. The number of hydrogen-bond acceptors (Lipinski definition) is 3. The molecule has 0 atom stereocenters. The van der Waals surface area contributed by atoms with Crippen LogP contribution in [0.25, 0.3) is 10.8 Å². The summed E-state index contributed by atoms with van der Waals surface area (Å²) >= 11 is 12.6. The van der Waals surface area contributed by atoms with E-state index in [9.17, 15) is 4.39 Å². The number of anilines is 1. The van der Waals surface area contributed by atoms with Crippen LogP contribution in [0.5, 0.6) is 11.5 Å². The minimum Gasteiger partial charge on any atom is -0.493 e. The molecule has 0 unspecified atom stereocenters. The molecule has 6 heteroatoms. The number of fused-ring (bicyclic) bond motifs is 1. The summed E-state index contributed by atoms with van der Waals surface area (Å²) in [5, 5.41) is 6.62. The monoisotopic (exact) mass is 455 g/mol. The summed E-state index contributed by atoms with van der Waals surface area (Å²) in [6.45, 7) is 0.687. The summed E-state index contributed by atoms with van der Waals surface area (Å²) in [6.07, 6.45) is 0. The fourth-order valence-electron chi connectivity index (χ4n) is 3.35. The van der Waals surface area contributed by atoms with Gasteiger partial charge in [-0.05, 0) is 35.2 Å². The molecule has 31 heavy (non-hydrogen) atoms. The van der Waals surface area contributed by atoms with Gasteiger partial charge in [0, 0.05) is 34.3 Å². The summed E-state index contributed by atoms with van der Waals surface area (Å²) in [7, 11) is 1.57. The maximum atomic E-state index is 13.2. The molecule has 4 rings (SSSR count). The lowest BCUT2D eigenvalue weighted by Gasteiger charge is -2.16. The number of benzene rings is 4. The summed E-state index contributed by atoms with van der Waals surface area (Å²) < 4.78 is 24.6. The minimum absolute atomic E-state index is 0.166. The molecule has 0 amide bonds. The van der Waals surface area contributed by atoms with Gasteiger partial charge in [0.1, 0.15) is 12.4 Å². The van der Waals surface area contributed by atoms with E-state index in [4.69, 9.17) is 32.7 Å². The summed E-state index contributed by atoms with van der Waals surface area (Å²) in [6, 6.07) is 22.1. The summed E-state index contributed by atoms with van der Waals surface area (Å²) in [5.74, 6) is 0.650. The molecule has 0 bridgehead atoms. The van der Waals surface area contributed by atoms with Crippen molar-refractivity contribution in [2.24, 2.45) is 0 Å². The Bertz CT molecular complexity index is 1220. The second-order valence-electron chi connectivity index (χ2n) is 7.00. The highest BCUT2D eigenvalue weighted by Crippen LogP contribution is 2.35. The standard InChI is InChI=1S/C25H20Cl2FNO2/c1-30-24-11-18(14-29-23-8-4-6-16-5-2-3-7-20(16)23)22(27)13-25(24)31-15-17-9-10-19(28)12-21(17)26/h2-13,29H,14-15H2,1H3. The second-order valence-corrected chi connectivity index (χ2v) is 7.81. The Labute approximate surface area is 190 Å². The molecule has 0 aliphatic carbocycles. The van der Waals surface area contributed by atoms with Gasteiger partial charge in [0.05, 0.1) is 12.1 Å². The molecule has 158 valence electrons. The van der Waals surface area contributed by atoms with Crippen LogP contribution < -0.4 is 14.8 Å². The molecule has 0 spiro atoms. The first-order valence-electron chi connectivity index (χ1n) is 9.70. The molecule has 0 aliphatic rings. The molecular weight excluding hydrogens is 436 g/mol. The first-order chi connectivity index (χ1) is 15.0. The van der Waals surface area contributed by atoms with Gasteiger partial charge in [0.15, 0.2) is 11.5 Å². The largest absolute Gasteiger partial charge is 0.493 e. The third-order valence-corrected chi connectivity index (χ3v) is 5.69. The third kappa shape index (κ3) is 4.87. The molecule has 0 saturated heterocycles. The van der Waals surface area contributed by atoms with E-state index in [2.05, 4.69) is 23.5 Å². The Hall–Kier alpha value is -2.95. The number of nitrogens with one attached hydrogen (secondary N) is 1. The van der Waals surface area contributed by atoms with Crippen molar-refractivity contribution in [3.8, 4) is 11.5 Å². The van der Waals surface area contributed by atoms with Crippen LogP contribution in [-0.4, -0.2) is 7.11 Å². The van der Waals surface area contributed by atoms with Gasteiger partial charge in [-0.2, -0.15) is 0 Å². The first kappa shape index (κ1) is 21.3. The van der Waals surface area contributed by atoms with Crippen LogP contribution in [0.1, 0.15) is 11.1 Å². The molecule has 4 aromatic rings. The number of hydrogen-bond donors (Lipinski definition) is 1. The zero-order chi connectivity index (χ0) is 21.8. The van der Waals surface area contributed by atoms with E-state index < -0.39 is 5.82 Å². The van der Waals surface area contributed by atoms with Crippen LogP contribution in [0.2, 0.25) is 10.0 Å². The van der Waals surface area contributed by atoms with Crippen LogP contribution in [-0.2, 0) is 13.2 Å². The van der Waals surface area contributed by atoms with Crippen molar-refractivity contribution in [1.82, 2.24) is 0 Å². The third-order valence-electron chi connectivity index (χ3n) is 4.99. The maximum Gasteiger partial charge on any atom is 0.163 e. The Morgan fingerprint density at radius 2 is 1.61 bits per heavy atom. The Kier molecular flexibility index (Phi) is 6.50. The van der Waals surface area contributed by atoms with Crippen LogP contribution in [0.4, 0.5) is 10.1 Å². The smallest absolute Gasteiger partial charge is 0.163 e. The van der Waals surface area contributed by atoms with Crippen LogP contribution >= 0.6 is 23.2 Å². The van der Waals surface area contributed by atoms with Gasteiger partial charge in [-0.25, -0.2) is 4.39 Å². The molecule has 0 aliphatic heterocycles. The van der Waals surface area contributed by atoms with E-state index in [1.54, 1.807) is 19.2 Å². The number of halogens is 3. The van der Waals surface area contributed by atoms with E-state index >= 15 is 0 Å². The average molecular weight is 456 g/mol. The summed E-state index contributed by atoms with van der Waals surface area (Å²) in [4.78, 5) is 0. The van der Waals surface area contributed by atoms with Crippen LogP contribution in [0.3, 0.4) is 0 Å². The Balaban J connectivity index is 1.52. The zero-order valence-corrected chi connectivity index (χ0v) is 18.3. The van der Waals surface area contributed by atoms with Crippen molar-refractivity contribution in [3.05, 3.63) is 99.8 Å². The van der Waals surface area contributed by atoms with E-state index in [-0.39, 0.29) is 6.61 Å². The average Bonchev–Trinajstić information content (AvgIpc) is 2.78. The molecule has 1 N–H and O–H groups in total. The van der Waals surface area contributed by atoms with Crippen molar-refractivity contribution in [2.45, 2.75) is 13.2 Å². The van der Waals surface area contributed by atoms with Crippen molar-refractivity contribution in [3.63, 3.8) is 0 Å². The van der Waals surface area contributed by atoms with Gasteiger partial charge < -0.3 is 14.8 Å². The van der Waals surface area contributed by atoms with Crippen LogP contribution in [0, 0.1) is 5.82 Å². The molecule has 3 nitrogen and oxygen atoms in total. The van der Waals surface area contributed by atoms with Crippen molar-refractivity contribution in [1.29, 1.82) is 0 Å². The Morgan fingerprint density at radius 1 is 0.839 bits per heavy atom. The predicted octanol–water partition coefficient (Wildman–Crippen LogP) is 7.49. The molecular formula is C25H20Cl2FNO2. The molecule has 0 fully saturated rings. The van der Waals surface area contributed by atoms with Gasteiger partial charge in [0.2, 0.25) is 0 Å². The highest BCUT2D eigenvalue weighted by Gasteiger charge is 2.12. The van der Waals surface area contributed by atoms with E-state index in [0.29, 0.717) is 33.7 Å². The molecule has 0 aromatic heterocycles. The SMILES string of the molecule is COc1cc(CNc2cccc3ccccc23)c(Cl)cc1OCc1ccc(F)cc1Cl. The van der Waals surface area contributed by atoms with Gasteiger partial charge in [0.25, 0.3) is 0 Å². The molecule has 0 radical (unpaired) electrons. The fourth-order valence-corrected chi connectivity index (χ4v) is 3.79. The lowest BCUT2D eigenvalue weighted by Crippen LogP contribution is -2.03. The van der Waals surface area contributed by atoms with Crippen molar-refractivity contribution < 1.29 is 13.9 Å². The minimum atomic E-state index is -0.391. The fraction of sp³-hybridized carbons (Fsp3) is 0.120. The highest BCUT2D eigenvalue weighted by molar-refractivity contribution is 6.31. The zero-order valence-electron chi connectivity index (χ0n) is 16.8.